The molecule has 4 unspecified atom stereocenters. The van der Waals surface area contributed by atoms with Gasteiger partial charge in [0.1, 0.15) is 18.3 Å². The average Bonchev–Trinajstić information content (AvgIpc) is 3.11. The fourth-order valence-electron chi connectivity index (χ4n) is 6.56. The Bertz CT molecular complexity index is 1410. The number of benzene rings is 1. The molecule has 1 saturated heterocycles. The summed E-state index contributed by atoms with van der Waals surface area (Å²) in [5.74, 6) is -4.38. The molecule has 296 valence electrons. The molecule has 8 atom stereocenters. The van der Waals surface area contributed by atoms with Crippen LogP contribution in [0.25, 0.3) is 0 Å². The molecule has 2 aliphatic rings. The maximum atomic E-state index is 13.8. The third-order valence-electron chi connectivity index (χ3n) is 9.53. The number of nitrogens with zero attached hydrogens (tertiary/aromatic N) is 1. The lowest BCUT2D eigenvalue weighted by molar-refractivity contribution is -0.170. The van der Waals surface area contributed by atoms with Crippen LogP contribution in [0.2, 0.25) is 0 Å². The molecule has 0 radical (unpaired) electrons. The third kappa shape index (κ3) is 13.9. The molecule has 0 aromatic heterocycles. The van der Waals surface area contributed by atoms with E-state index >= 15 is 0 Å². The monoisotopic (exact) mass is 857 g/mol. The zero-order chi connectivity index (χ0) is 39.3. The van der Waals surface area contributed by atoms with Crippen molar-refractivity contribution in [2.75, 3.05) is 32.8 Å². The van der Waals surface area contributed by atoms with E-state index < -0.39 is 88.2 Å². The number of Topliss-reactive ketones (excluding diaryl/α,β-unsaturated/α-hetero) is 1. The first kappa shape index (κ1) is 44.2. The van der Waals surface area contributed by atoms with E-state index in [1.165, 1.54) is 13.8 Å². The van der Waals surface area contributed by atoms with E-state index in [1.807, 2.05) is 78.6 Å². The Morgan fingerprint density at radius 2 is 1.64 bits per heavy atom. The molecule has 15 nitrogen and oxygen atoms in total. The summed E-state index contributed by atoms with van der Waals surface area (Å²) in [7, 11) is 0. The average molecular weight is 858 g/mol. The van der Waals surface area contributed by atoms with Crippen LogP contribution < -0.4 is 21.3 Å². The van der Waals surface area contributed by atoms with Crippen molar-refractivity contribution in [3.8, 4) is 0 Å². The number of β-amino-alcohol motifs (C(OH)–C–C–N with tert-alkyl or cyclic N) is 1. The summed E-state index contributed by atoms with van der Waals surface area (Å²) < 4.78 is 10.5. The Hall–Kier alpha value is -3.19. The Morgan fingerprint density at radius 3 is 2.26 bits per heavy atom. The SMILES string of the molecule is CC(C)C[C@H](NC(=O)[C@H](CCc1ccccc1)NC(O)CN1CCOCC1)C(=O)N[C@@H](C)C(=O)NC1CC(C)C(I)[C@@](C)(OC(=O)CCC(=O)O)C1=O. The Labute approximate surface area is 325 Å². The molecular formula is C37H56IN5O10. The van der Waals surface area contributed by atoms with Crippen LogP contribution in [0.15, 0.2) is 30.3 Å². The van der Waals surface area contributed by atoms with E-state index in [9.17, 15) is 33.9 Å². The molecular weight excluding hydrogens is 801 g/mol. The number of carbonyl (C=O) groups is 6. The summed E-state index contributed by atoms with van der Waals surface area (Å²) in [4.78, 5) is 79.9. The van der Waals surface area contributed by atoms with Crippen LogP contribution in [0.5, 0.6) is 0 Å². The fourth-order valence-corrected chi connectivity index (χ4v) is 7.29. The highest BCUT2D eigenvalue weighted by Gasteiger charge is 2.53. The van der Waals surface area contributed by atoms with Crippen LogP contribution in [0.3, 0.4) is 0 Å². The maximum Gasteiger partial charge on any atom is 0.307 e. The second-order valence-corrected chi connectivity index (χ2v) is 16.0. The number of nitrogens with one attached hydrogen (secondary N) is 4. The largest absolute Gasteiger partial charge is 0.481 e. The van der Waals surface area contributed by atoms with Crippen LogP contribution in [0.1, 0.15) is 72.3 Å². The van der Waals surface area contributed by atoms with Crippen molar-refractivity contribution in [1.29, 1.82) is 0 Å². The number of rotatable bonds is 19. The number of carboxylic acid groups (broad SMARTS) is 1. The number of aliphatic hydroxyl groups excluding tert-OH is 1. The van der Waals surface area contributed by atoms with Gasteiger partial charge in [-0.3, -0.25) is 39.0 Å². The minimum absolute atomic E-state index is 0.00345. The number of ether oxygens (including phenoxy) is 2. The van der Waals surface area contributed by atoms with Crippen LogP contribution in [-0.4, -0.2) is 123 Å². The van der Waals surface area contributed by atoms with Gasteiger partial charge in [-0.25, -0.2) is 0 Å². The third-order valence-corrected chi connectivity index (χ3v) is 11.9. The van der Waals surface area contributed by atoms with Gasteiger partial charge in [0.05, 0.1) is 42.1 Å². The van der Waals surface area contributed by atoms with Gasteiger partial charge < -0.3 is 35.6 Å². The summed E-state index contributed by atoms with van der Waals surface area (Å²) >= 11 is 2.04. The Kier molecular flexibility index (Phi) is 17.6. The number of ketones is 1. The molecule has 1 aromatic carbocycles. The first-order chi connectivity index (χ1) is 25.0. The second-order valence-electron chi connectivity index (χ2n) is 14.6. The number of morpholine rings is 1. The number of esters is 1. The number of aliphatic hydroxyl groups is 1. The summed E-state index contributed by atoms with van der Waals surface area (Å²) in [6.45, 7) is 11.4. The van der Waals surface area contributed by atoms with E-state index in [1.54, 1.807) is 0 Å². The predicted molar refractivity (Wildman–Crippen MR) is 204 cm³/mol. The predicted octanol–water partition coefficient (Wildman–Crippen LogP) is 1.33. The number of halogens is 1. The van der Waals surface area contributed by atoms with Crippen LogP contribution in [0, 0.1) is 11.8 Å². The quantitative estimate of drug-likeness (QED) is 0.0504. The lowest BCUT2D eigenvalue weighted by atomic mass is 9.75. The lowest BCUT2D eigenvalue weighted by Crippen LogP contribution is -2.64. The number of aliphatic carboxylic acids is 1. The fraction of sp³-hybridized carbons (Fsp3) is 0.676. The highest BCUT2D eigenvalue weighted by atomic mass is 127. The molecule has 1 aliphatic carbocycles. The number of hydrogen-bond donors (Lipinski definition) is 6. The number of alkyl halides is 1. The molecule has 3 rings (SSSR count). The maximum absolute atomic E-state index is 13.8. The van der Waals surface area contributed by atoms with E-state index in [4.69, 9.17) is 14.6 Å². The van der Waals surface area contributed by atoms with Gasteiger partial charge in [-0.05, 0) is 56.9 Å². The normalized spacial score (nSPS) is 24.4. The first-order valence-corrected chi connectivity index (χ1v) is 19.6. The number of amides is 3. The van der Waals surface area contributed by atoms with Gasteiger partial charge in [0, 0.05) is 19.6 Å². The molecule has 3 amide bonds. The molecule has 53 heavy (non-hydrogen) atoms. The van der Waals surface area contributed by atoms with Gasteiger partial charge in [-0.1, -0.05) is 73.7 Å². The summed E-state index contributed by atoms with van der Waals surface area (Å²) in [6.07, 6.45) is -0.415. The van der Waals surface area contributed by atoms with Gasteiger partial charge in [0.2, 0.25) is 17.7 Å². The molecule has 6 N–H and O–H groups in total. The molecule has 0 spiro atoms. The van der Waals surface area contributed by atoms with E-state index in [2.05, 4.69) is 21.3 Å². The number of hydrogen-bond acceptors (Lipinski definition) is 11. The lowest BCUT2D eigenvalue weighted by Gasteiger charge is -2.43. The molecule has 2 fully saturated rings. The second kappa shape index (κ2) is 21.0. The van der Waals surface area contributed by atoms with Crippen molar-refractivity contribution in [3.05, 3.63) is 35.9 Å². The molecule has 16 heteroatoms. The molecule has 1 saturated carbocycles. The van der Waals surface area contributed by atoms with Gasteiger partial charge in [0.25, 0.3) is 0 Å². The Balaban J connectivity index is 1.67. The summed E-state index contributed by atoms with van der Waals surface area (Å²) in [5, 5.41) is 31.1. The standard InChI is InChI=1S/C37H56IN5O10/c1-22(2)19-28(42-35(50)26(12-11-25-9-7-6-8-10-25)40-29(44)21-43-15-17-52-18-16-43)36(51)39-24(4)34(49)41-27-20-23(3)32(38)37(5,33(27)48)53-31(47)14-13-30(45)46/h6-10,22-24,26-29,32,40,44H,11-21H2,1-5H3,(H,39,51)(H,41,49)(H,42,50)(H,45,46)/t23?,24-,26-,27?,28-,29?,32?,37+/m0/s1. The number of carboxylic acids is 1. The van der Waals surface area contributed by atoms with Crippen molar-refractivity contribution in [2.24, 2.45) is 11.8 Å². The minimum atomic E-state index is -1.61. The van der Waals surface area contributed by atoms with Gasteiger partial charge in [0.15, 0.2) is 11.4 Å². The molecule has 0 bridgehead atoms. The van der Waals surface area contributed by atoms with Gasteiger partial charge >= 0.3 is 11.9 Å². The zero-order valence-electron chi connectivity index (χ0n) is 31.3. The van der Waals surface area contributed by atoms with Crippen LogP contribution in [-0.2, 0) is 44.7 Å². The Morgan fingerprint density at radius 1 is 1.00 bits per heavy atom. The van der Waals surface area contributed by atoms with Crippen molar-refractivity contribution in [3.63, 3.8) is 0 Å². The minimum Gasteiger partial charge on any atom is -0.481 e. The van der Waals surface area contributed by atoms with Gasteiger partial charge in [-0.2, -0.15) is 0 Å². The van der Waals surface area contributed by atoms with Crippen molar-refractivity contribution < 1.29 is 48.5 Å². The van der Waals surface area contributed by atoms with E-state index in [0.29, 0.717) is 45.7 Å². The first-order valence-electron chi connectivity index (χ1n) is 18.3. The summed E-state index contributed by atoms with van der Waals surface area (Å²) in [5.41, 5.74) is -0.589. The summed E-state index contributed by atoms with van der Waals surface area (Å²) in [6, 6.07) is 5.69. The van der Waals surface area contributed by atoms with Crippen LogP contribution in [0.4, 0.5) is 0 Å². The number of carbonyl (C=O) groups excluding carboxylic acids is 5. The number of aryl methyl sites for hydroxylation is 1. The van der Waals surface area contributed by atoms with Gasteiger partial charge in [-0.15, -0.1) is 0 Å². The highest BCUT2D eigenvalue weighted by Crippen LogP contribution is 2.38. The van der Waals surface area contributed by atoms with Crippen molar-refractivity contribution in [1.82, 2.24) is 26.2 Å². The molecule has 1 heterocycles. The van der Waals surface area contributed by atoms with Crippen LogP contribution >= 0.6 is 22.6 Å². The van der Waals surface area contributed by atoms with Crippen molar-refractivity contribution >= 4 is 58.0 Å². The van der Waals surface area contributed by atoms with E-state index in [0.717, 1.165) is 5.56 Å². The highest BCUT2D eigenvalue weighted by molar-refractivity contribution is 14.1. The molecule has 1 aromatic rings. The zero-order valence-corrected chi connectivity index (χ0v) is 33.4. The van der Waals surface area contributed by atoms with E-state index in [-0.39, 0.29) is 24.7 Å². The molecule has 1 aliphatic heterocycles. The smallest absolute Gasteiger partial charge is 0.307 e. The van der Waals surface area contributed by atoms with Crippen molar-refractivity contribution in [2.45, 2.75) is 113 Å². The topological polar surface area (TPSA) is 213 Å².